The molecule has 0 spiro atoms. The molecule has 19 heavy (non-hydrogen) atoms. The van der Waals surface area contributed by atoms with Crippen LogP contribution in [0.25, 0.3) is 0 Å². The average molecular weight is 305 g/mol. The van der Waals surface area contributed by atoms with Gasteiger partial charge in [-0.05, 0) is 24.8 Å². The van der Waals surface area contributed by atoms with E-state index in [4.69, 9.17) is 11.6 Å². The molecule has 0 aliphatic heterocycles. The first-order valence-electron chi connectivity index (χ1n) is 5.70. The van der Waals surface area contributed by atoms with Crippen LogP contribution in [-0.2, 0) is 6.54 Å². The number of halogens is 1. The summed E-state index contributed by atoms with van der Waals surface area (Å²) in [6.45, 7) is 2.65. The molecule has 0 amide bonds. The Bertz CT molecular complexity index is 455. The van der Waals surface area contributed by atoms with Gasteiger partial charge >= 0.3 is 0 Å². The van der Waals surface area contributed by atoms with Gasteiger partial charge in [0.1, 0.15) is 0 Å². The molecule has 2 N–H and O–H groups in total. The molecule has 5 nitrogen and oxygen atoms in total. The minimum Gasteiger partial charge on any atom is -0.388 e. The van der Waals surface area contributed by atoms with Gasteiger partial charge in [0.05, 0.1) is 15.5 Å². The first kappa shape index (κ1) is 16.2. The topological polar surface area (TPSA) is 75.4 Å². The van der Waals surface area contributed by atoms with Crippen LogP contribution >= 0.6 is 23.4 Å². The number of hydrogen-bond acceptors (Lipinski definition) is 5. The number of nitro groups is 1. The maximum atomic E-state index is 10.6. The van der Waals surface area contributed by atoms with Crippen molar-refractivity contribution in [2.24, 2.45) is 0 Å². The van der Waals surface area contributed by atoms with Gasteiger partial charge in [-0.1, -0.05) is 11.6 Å². The third-order valence-electron chi connectivity index (χ3n) is 2.52. The van der Waals surface area contributed by atoms with E-state index in [2.05, 4.69) is 5.32 Å². The predicted octanol–water partition coefficient (Wildman–Crippen LogP) is 2.45. The number of rotatable bonds is 7. The van der Waals surface area contributed by atoms with Crippen LogP contribution in [0, 0.1) is 10.1 Å². The Balaban J connectivity index is 2.57. The molecule has 7 heteroatoms. The van der Waals surface area contributed by atoms with Crippen LogP contribution in [0.4, 0.5) is 5.69 Å². The molecule has 106 valence electrons. The molecule has 0 aliphatic rings. The third-order valence-corrected chi connectivity index (χ3v) is 3.79. The Morgan fingerprint density at radius 3 is 2.79 bits per heavy atom. The molecular weight excluding hydrogens is 288 g/mol. The van der Waals surface area contributed by atoms with Crippen LogP contribution in [0.3, 0.4) is 0 Å². The molecule has 1 unspecified atom stereocenters. The number of non-ortho nitro benzene ring substituents is 1. The second-order valence-corrected chi connectivity index (χ2v) is 5.84. The van der Waals surface area contributed by atoms with Gasteiger partial charge in [-0.2, -0.15) is 11.8 Å². The second kappa shape index (κ2) is 7.09. The van der Waals surface area contributed by atoms with Gasteiger partial charge in [-0.15, -0.1) is 0 Å². The van der Waals surface area contributed by atoms with E-state index >= 15 is 0 Å². The molecular formula is C12H17ClN2O3S. The zero-order valence-corrected chi connectivity index (χ0v) is 12.4. The van der Waals surface area contributed by atoms with Gasteiger partial charge < -0.3 is 10.4 Å². The predicted molar refractivity (Wildman–Crippen MR) is 78.8 cm³/mol. The standard InChI is InChI=1S/C12H17ClN2O3S/c1-12(16,8-19-2)7-14-6-9-3-4-10(15(17)18)5-11(9)13/h3-5,14,16H,6-8H2,1-2H3. The van der Waals surface area contributed by atoms with Crippen molar-refractivity contribution in [2.45, 2.75) is 19.1 Å². The van der Waals surface area contributed by atoms with Crippen LogP contribution < -0.4 is 5.32 Å². The van der Waals surface area contributed by atoms with Crippen molar-refractivity contribution in [2.75, 3.05) is 18.6 Å². The van der Waals surface area contributed by atoms with E-state index in [0.29, 0.717) is 23.9 Å². The van der Waals surface area contributed by atoms with E-state index in [1.165, 1.54) is 12.1 Å². The normalized spacial score (nSPS) is 14.1. The van der Waals surface area contributed by atoms with Gasteiger partial charge in [-0.25, -0.2) is 0 Å². The van der Waals surface area contributed by atoms with Crippen LogP contribution in [0.5, 0.6) is 0 Å². The Labute approximate surface area is 121 Å². The SMILES string of the molecule is CSCC(C)(O)CNCc1ccc([N+](=O)[O-])cc1Cl. The zero-order chi connectivity index (χ0) is 14.5. The fourth-order valence-electron chi connectivity index (χ4n) is 1.62. The summed E-state index contributed by atoms with van der Waals surface area (Å²) in [5.41, 5.74) is -0.0394. The quantitative estimate of drug-likeness (QED) is 0.598. The molecule has 0 radical (unpaired) electrons. The summed E-state index contributed by atoms with van der Waals surface area (Å²) < 4.78 is 0. The number of nitrogens with zero attached hydrogens (tertiary/aromatic N) is 1. The molecule has 0 saturated heterocycles. The van der Waals surface area contributed by atoms with Gasteiger partial charge in [0.15, 0.2) is 0 Å². The molecule has 0 aliphatic carbocycles. The van der Waals surface area contributed by atoms with Gasteiger partial charge in [0.2, 0.25) is 0 Å². The molecule has 0 aromatic heterocycles. The summed E-state index contributed by atoms with van der Waals surface area (Å²) in [7, 11) is 0. The minimum atomic E-state index is -0.785. The van der Waals surface area contributed by atoms with Crippen molar-refractivity contribution in [3.05, 3.63) is 38.9 Å². The number of thioether (sulfide) groups is 1. The first-order chi connectivity index (χ1) is 8.85. The van der Waals surface area contributed by atoms with E-state index in [0.717, 1.165) is 5.56 Å². The Hall–Kier alpha value is -0.820. The van der Waals surface area contributed by atoms with Crippen molar-refractivity contribution in [1.29, 1.82) is 0 Å². The highest BCUT2D eigenvalue weighted by Crippen LogP contribution is 2.22. The van der Waals surface area contributed by atoms with Crippen molar-refractivity contribution in [1.82, 2.24) is 5.32 Å². The lowest BCUT2D eigenvalue weighted by Gasteiger charge is -2.22. The number of aliphatic hydroxyl groups is 1. The molecule has 1 atom stereocenters. The summed E-state index contributed by atoms with van der Waals surface area (Å²) in [5, 5.41) is 24.0. The molecule has 0 heterocycles. The zero-order valence-electron chi connectivity index (χ0n) is 10.9. The van der Waals surface area contributed by atoms with Crippen LogP contribution in [0.1, 0.15) is 12.5 Å². The fraction of sp³-hybridized carbons (Fsp3) is 0.500. The number of nitro benzene ring substituents is 1. The first-order valence-corrected chi connectivity index (χ1v) is 7.48. The van der Waals surface area contributed by atoms with Crippen molar-refractivity contribution in [3.63, 3.8) is 0 Å². The van der Waals surface area contributed by atoms with Crippen LogP contribution in [0.2, 0.25) is 5.02 Å². The molecule has 0 bridgehead atoms. The number of nitrogens with one attached hydrogen (secondary N) is 1. The lowest BCUT2D eigenvalue weighted by atomic mass is 10.1. The molecule has 1 rings (SSSR count). The van der Waals surface area contributed by atoms with Gasteiger partial charge in [-0.3, -0.25) is 10.1 Å². The van der Waals surface area contributed by atoms with Crippen molar-refractivity contribution in [3.8, 4) is 0 Å². The smallest absolute Gasteiger partial charge is 0.270 e. The largest absolute Gasteiger partial charge is 0.388 e. The Kier molecular flexibility index (Phi) is 6.06. The highest BCUT2D eigenvalue weighted by Gasteiger charge is 2.19. The number of hydrogen-bond donors (Lipinski definition) is 2. The summed E-state index contributed by atoms with van der Waals surface area (Å²) in [6.07, 6.45) is 1.93. The maximum Gasteiger partial charge on any atom is 0.270 e. The summed E-state index contributed by atoms with van der Waals surface area (Å²) >= 11 is 7.55. The minimum absolute atomic E-state index is 0.0249. The molecule has 1 aromatic carbocycles. The van der Waals surface area contributed by atoms with Crippen molar-refractivity contribution >= 4 is 29.1 Å². The lowest BCUT2D eigenvalue weighted by molar-refractivity contribution is -0.384. The van der Waals surface area contributed by atoms with E-state index in [9.17, 15) is 15.2 Å². The second-order valence-electron chi connectivity index (χ2n) is 4.57. The van der Waals surface area contributed by atoms with Crippen molar-refractivity contribution < 1.29 is 10.0 Å². The van der Waals surface area contributed by atoms with Gasteiger partial charge in [0, 0.05) is 31.0 Å². The van der Waals surface area contributed by atoms with E-state index < -0.39 is 10.5 Å². The summed E-state index contributed by atoms with van der Waals surface area (Å²) in [4.78, 5) is 10.1. The highest BCUT2D eigenvalue weighted by atomic mass is 35.5. The highest BCUT2D eigenvalue weighted by molar-refractivity contribution is 7.98. The van der Waals surface area contributed by atoms with E-state index in [1.54, 1.807) is 24.8 Å². The molecule has 0 saturated carbocycles. The number of benzene rings is 1. The van der Waals surface area contributed by atoms with Crippen LogP contribution in [0.15, 0.2) is 18.2 Å². The third kappa shape index (κ3) is 5.36. The Morgan fingerprint density at radius 1 is 1.58 bits per heavy atom. The van der Waals surface area contributed by atoms with Gasteiger partial charge in [0.25, 0.3) is 5.69 Å². The lowest BCUT2D eigenvalue weighted by Crippen LogP contribution is -2.39. The average Bonchev–Trinajstić information content (AvgIpc) is 2.30. The van der Waals surface area contributed by atoms with E-state index in [-0.39, 0.29) is 5.69 Å². The molecule has 0 fully saturated rings. The Morgan fingerprint density at radius 2 is 2.26 bits per heavy atom. The monoisotopic (exact) mass is 304 g/mol. The maximum absolute atomic E-state index is 10.6. The van der Waals surface area contributed by atoms with Crippen LogP contribution in [-0.4, -0.2) is 34.2 Å². The fourth-order valence-corrected chi connectivity index (χ4v) is 2.59. The summed E-state index contributed by atoms with van der Waals surface area (Å²) in [6, 6.07) is 4.37. The van der Waals surface area contributed by atoms with E-state index in [1.807, 2.05) is 6.26 Å². The summed E-state index contributed by atoms with van der Waals surface area (Å²) in [5.74, 6) is 0.633. The molecule has 1 aromatic rings.